The molecule has 0 heterocycles. The van der Waals surface area contributed by atoms with Crippen molar-refractivity contribution in [3.8, 4) is 0 Å². The Hall–Kier alpha value is -1.23. The Morgan fingerprint density at radius 1 is 1.50 bits per heavy atom. The lowest BCUT2D eigenvalue weighted by molar-refractivity contribution is -0.132. The van der Waals surface area contributed by atoms with Gasteiger partial charge in [0.25, 0.3) is 0 Å². The molecule has 70 valence electrons. The zero-order valence-corrected chi connectivity index (χ0v) is 7.53. The number of carboxylic acid groups (broad SMARTS) is 1. The summed E-state index contributed by atoms with van der Waals surface area (Å²) < 4.78 is 0. The molecule has 5 nitrogen and oxygen atoms in total. The SMILES string of the molecule is CC(C)(C)N(N)/C=C(\N)C(=O)O. The maximum absolute atomic E-state index is 10.3. The molecule has 0 rings (SSSR count). The first-order chi connectivity index (χ1) is 5.25. The van der Waals surface area contributed by atoms with Gasteiger partial charge in [0, 0.05) is 11.7 Å². The lowest BCUT2D eigenvalue weighted by Gasteiger charge is -2.29. The molecule has 0 radical (unpaired) electrons. The van der Waals surface area contributed by atoms with Crippen molar-refractivity contribution < 1.29 is 9.90 Å². The number of hydrogen-bond donors (Lipinski definition) is 3. The van der Waals surface area contributed by atoms with Crippen molar-refractivity contribution >= 4 is 5.97 Å². The van der Waals surface area contributed by atoms with Crippen LogP contribution in [0.5, 0.6) is 0 Å². The number of hydrogen-bond acceptors (Lipinski definition) is 4. The number of carbonyl (C=O) groups is 1. The van der Waals surface area contributed by atoms with E-state index in [1.54, 1.807) is 0 Å². The zero-order chi connectivity index (χ0) is 9.94. The van der Waals surface area contributed by atoms with Gasteiger partial charge >= 0.3 is 5.97 Å². The first-order valence-corrected chi connectivity index (χ1v) is 3.50. The normalized spacial score (nSPS) is 12.8. The molecule has 5 heteroatoms. The molecule has 5 N–H and O–H groups in total. The number of hydrazine groups is 1. The Morgan fingerprint density at radius 3 is 2.17 bits per heavy atom. The van der Waals surface area contributed by atoms with Gasteiger partial charge in [-0.1, -0.05) is 0 Å². The van der Waals surface area contributed by atoms with Gasteiger partial charge in [-0.15, -0.1) is 0 Å². The fourth-order valence-corrected chi connectivity index (χ4v) is 0.399. The third kappa shape index (κ3) is 3.25. The number of aliphatic carboxylic acids is 1. The minimum absolute atomic E-state index is 0.271. The Morgan fingerprint density at radius 2 is 1.92 bits per heavy atom. The second-order valence-corrected chi connectivity index (χ2v) is 3.47. The average Bonchev–Trinajstić information content (AvgIpc) is 1.85. The summed E-state index contributed by atoms with van der Waals surface area (Å²) in [4.78, 5) is 10.3. The lowest BCUT2D eigenvalue weighted by atomic mass is 10.1. The van der Waals surface area contributed by atoms with E-state index in [0.29, 0.717) is 0 Å². The van der Waals surface area contributed by atoms with Crippen LogP contribution in [0.2, 0.25) is 0 Å². The maximum Gasteiger partial charge on any atom is 0.353 e. The molecule has 0 aromatic heterocycles. The van der Waals surface area contributed by atoms with Crippen LogP contribution in [0.25, 0.3) is 0 Å². The predicted octanol–water partition coefficient (Wildman–Crippen LogP) is -0.155. The van der Waals surface area contributed by atoms with E-state index in [2.05, 4.69) is 0 Å². The molecule has 0 saturated carbocycles. The van der Waals surface area contributed by atoms with Gasteiger partial charge in [-0.25, -0.2) is 10.6 Å². The average molecular weight is 173 g/mol. The summed E-state index contributed by atoms with van der Waals surface area (Å²) in [6, 6.07) is 0. The highest BCUT2D eigenvalue weighted by atomic mass is 16.4. The largest absolute Gasteiger partial charge is 0.477 e. The lowest BCUT2D eigenvalue weighted by Crippen LogP contribution is -2.43. The van der Waals surface area contributed by atoms with Gasteiger partial charge < -0.3 is 15.8 Å². The second kappa shape index (κ2) is 3.44. The molecule has 0 aliphatic heterocycles. The van der Waals surface area contributed by atoms with E-state index in [1.165, 1.54) is 11.2 Å². The number of nitrogens with zero attached hydrogens (tertiary/aromatic N) is 1. The smallest absolute Gasteiger partial charge is 0.353 e. The number of nitrogens with two attached hydrogens (primary N) is 2. The van der Waals surface area contributed by atoms with Crippen LogP contribution >= 0.6 is 0 Å². The van der Waals surface area contributed by atoms with Gasteiger partial charge in [-0.2, -0.15) is 0 Å². The summed E-state index contributed by atoms with van der Waals surface area (Å²) in [5.74, 6) is 4.33. The summed E-state index contributed by atoms with van der Waals surface area (Å²) in [5, 5.41) is 9.68. The van der Waals surface area contributed by atoms with E-state index in [0.717, 1.165) is 0 Å². The van der Waals surface area contributed by atoms with Gasteiger partial charge in [0.1, 0.15) is 5.70 Å². The van der Waals surface area contributed by atoms with Crippen LogP contribution in [-0.2, 0) is 4.79 Å². The highest BCUT2D eigenvalue weighted by Gasteiger charge is 2.16. The van der Waals surface area contributed by atoms with Crippen LogP contribution < -0.4 is 11.6 Å². The molecule has 0 aromatic rings. The first-order valence-electron chi connectivity index (χ1n) is 3.50. The first kappa shape index (κ1) is 10.8. The molecule has 0 fully saturated rings. The van der Waals surface area contributed by atoms with Gasteiger partial charge in [-0.05, 0) is 20.8 Å². The molecule has 0 saturated heterocycles. The molecule has 0 unspecified atom stereocenters. The van der Waals surface area contributed by atoms with Crippen molar-refractivity contribution in [2.75, 3.05) is 0 Å². The van der Waals surface area contributed by atoms with E-state index in [-0.39, 0.29) is 11.2 Å². The van der Waals surface area contributed by atoms with Gasteiger partial charge in [0.2, 0.25) is 0 Å². The zero-order valence-electron chi connectivity index (χ0n) is 7.53. The predicted molar refractivity (Wildman–Crippen MR) is 45.7 cm³/mol. The fourth-order valence-electron chi connectivity index (χ4n) is 0.399. The number of carboxylic acids is 1. The van der Waals surface area contributed by atoms with Crippen LogP contribution in [0.15, 0.2) is 11.9 Å². The van der Waals surface area contributed by atoms with Crippen LogP contribution in [0, 0.1) is 0 Å². The Bertz CT molecular complexity index is 205. The minimum atomic E-state index is -1.17. The van der Waals surface area contributed by atoms with Crippen molar-refractivity contribution in [3.63, 3.8) is 0 Å². The molecular formula is C7H15N3O2. The summed E-state index contributed by atoms with van der Waals surface area (Å²) in [6.45, 7) is 5.54. The van der Waals surface area contributed by atoms with E-state index < -0.39 is 5.97 Å². The van der Waals surface area contributed by atoms with E-state index in [1.807, 2.05) is 20.8 Å². The molecule has 0 amide bonds. The molecule has 0 spiro atoms. The van der Waals surface area contributed by atoms with Crippen molar-refractivity contribution in [3.05, 3.63) is 11.9 Å². The second-order valence-electron chi connectivity index (χ2n) is 3.47. The quantitative estimate of drug-likeness (QED) is 0.306. The van der Waals surface area contributed by atoms with Crippen molar-refractivity contribution in [1.29, 1.82) is 0 Å². The third-order valence-corrected chi connectivity index (χ3v) is 1.30. The van der Waals surface area contributed by atoms with Crippen LogP contribution in [0.1, 0.15) is 20.8 Å². The summed E-state index contributed by atoms with van der Waals surface area (Å²) in [6.07, 6.45) is 1.20. The van der Waals surface area contributed by atoms with Crippen molar-refractivity contribution in [2.45, 2.75) is 26.3 Å². The minimum Gasteiger partial charge on any atom is -0.477 e. The van der Waals surface area contributed by atoms with Gasteiger partial charge in [0.05, 0.1) is 0 Å². The standard InChI is InChI=1S/C7H15N3O2/c1-7(2,3)10(9)4-5(8)6(11)12/h4H,8-9H2,1-3H3,(H,11,12)/b5-4-. The molecule has 12 heavy (non-hydrogen) atoms. The van der Waals surface area contributed by atoms with Gasteiger partial charge in [0.15, 0.2) is 0 Å². The maximum atomic E-state index is 10.3. The number of rotatable bonds is 2. The summed E-state index contributed by atoms with van der Waals surface area (Å²) in [5.41, 5.74) is 4.55. The molecule has 0 aliphatic rings. The highest BCUT2D eigenvalue weighted by molar-refractivity contribution is 5.85. The van der Waals surface area contributed by atoms with Crippen molar-refractivity contribution in [2.24, 2.45) is 11.6 Å². The summed E-state index contributed by atoms with van der Waals surface area (Å²) in [7, 11) is 0. The topological polar surface area (TPSA) is 92.6 Å². The van der Waals surface area contributed by atoms with Crippen LogP contribution in [0.3, 0.4) is 0 Å². The molecule has 0 aliphatic carbocycles. The van der Waals surface area contributed by atoms with Crippen molar-refractivity contribution in [1.82, 2.24) is 5.01 Å². The summed E-state index contributed by atoms with van der Waals surface area (Å²) >= 11 is 0. The Balaban J connectivity index is 4.44. The van der Waals surface area contributed by atoms with E-state index in [9.17, 15) is 4.79 Å². The molecule has 0 aromatic carbocycles. The Kier molecular flexibility index (Phi) is 3.09. The Labute approximate surface area is 71.6 Å². The fraction of sp³-hybridized carbons (Fsp3) is 0.571. The van der Waals surface area contributed by atoms with E-state index in [4.69, 9.17) is 16.7 Å². The van der Waals surface area contributed by atoms with Crippen LogP contribution in [-0.4, -0.2) is 21.6 Å². The van der Waals surface area contributed by atoms with Gasteiger partial charge in [-0.3, -0.25) is 0 Å². The monoisotopic (exact) mass is 173 g/mol. The van der Waals surface area contributed by atoms with E-state index >= 15 is 0 Å². The molecular weight excluding hydrogens is 158 g/mol. The van der Waals surface area contributed by atoms with Crippen LogP contribution in [0.4, 0.5) is 0 Å². The highest BCUT2D eigenvalue weighted by Crippen LogP contribution is 2.08. The molecule has 0 bridgehead atoms. The third-order valence-electron chi connectivity index (χ3n) is 1.30. The molecule has 0 atom stereocenters.